The van der Waals surface area contributed by atoms with Gasteiger partial charge in [-0.05, 0) is 58.7 Å². The molecule has 4 atom stereocenters. The van der Waals surface area contributed by atoms with Gasteiger partial charge >= 0.3 is 5.97 Å². The second-order valence-corrected chi connectivity index (χ2v) is 8.93. The highest BCUT2D eigenvalue weighted by molar-refractivity contribution is 5.79. The van der Waals surface area contributed by atoms with Crippen molar-refractivity contribution in [1.29, 1.82) is 0 Å². The topological polar surface area (TPSA) is 83.5 Å². The number of benzene rings is 3. The standard InChI is InChI=1S/C27H23FO7/c1-31-21-7-14(8-22(32-2)26(21)29)24-17-10-20-19(34-12-35-20)9-16(17)23(13-3-5-15(28)6-4-13)18-11-33-27(30)25(18)24/h3-10,18,23-25,29H,11-12H2,1-2H3/t18-,23-,24-,25+/m1/s1. The van der Waals surface area contributed by atoms with E-state index in [1.165, 1.54) is 26.4 Å². The Morgan fingerprint density at radius 1 is 0.857 bits per heavy atom. The smallest absolute Gasteiger partial charge is 0.310 e. The van der Waals surface area contributed by atoms with Crippen molar-refractivity contribution in [2.45, 2.75) is 11.8 Å². The maximum atomic E-state index is 13.8. The number of aromatic hydroxyl groups is 1. The zero-order chi connectivity index (χ0) is 24.3. The lowest BCUT2D eigenvalue weighted by Gasteiger charge is -2.39. The Hall–Kier alpha value is -3.94. The van der Waals surface area contributed by atoms with E-state index in [9.17, 15) is 14.3 Å². The van der Waals surface area contributed by atoms with E-state index in [0.29, 0.717) is 11.5 Å². The quantitative estimate of drug-likeness (QED) is 0.559. The largest absolute Gasteiger partial charge is 0.502 e. The summed E-state index contributed by atoms with van der Waals surface area (Å²) in [6, 6.07) is 13.7. The Labute approximate surface area is 201 Å². The summed E-state index contributed by atoms with van der Waals surface area (Å²) in [5.74, 6) is -0.394. The molecule has 0 unspecified atom stereocenters. The molecule has 1 aliphatic carbocycles. The minimum absolute atomic E-state index is 0.111. The first-order chi connectivity index (χ1) is 17.0. The molecule has 0 bridgehead atoms. The van der Waals surface area contributed by atoms with E-state index in [2.05, 4.69) is 0 Å². The van der Waals surface area contributed by atoms with Crippen molar-refractivity contribution in [2.75, 3.05) is 27.6 Å². The average molecular weight is 478 g/mol. The minimum atomic E-state index is -0.517. The summed E-state index contributed by atoms with van der Waals surface area (Å²) >= 11 is 0. The number of phenolic OH excluding ortho intramolecular Hbond substituents is 1. The summed E-state index contributed by atoms with van der Waals surface area (Å²) in [6.45, 7) is 0.349. The number of cyclic esters (lactones) is 1. The van der Waals surface area contributed by atoms with Crippen molar-refractivity contribution in [3.05, 3.63) is 76.6 Å². The van der Waals surface area contributed by atoms with Gasteiger partial charge in [0.1, 0.15) is 5.82 Å². The van der Waals surface area contributed by atoms with Crippen LogP contribution in [0.2, 0.25) is 0 Å². The van der Waals surface area contributed by atoms with E-state index >= 15 is 0 Å². The van der Waals surface area contributed by atoms with Gasteiger partial charge in [0.15, 0.2) is 23.0 Å². The number of methoxy groups -OCH3 is 2. The molecule has 3 aliphatic rings. The summed E-state index contributed by atoms with van der Waals surface area (Å²) in [5.41, 5.74) is 3.46. The second-order valence-electron chi connectivity index (χ2n) is 8.93. The number of esters is 1. The molecule has 2 aliphatic heterocycles. The van der Waals surface area contributed by atoms with Gasteiger partial charge in [-0.1, -0.05) is 12.1 Å². The highest BCUT2D eigenvalue weighted by atomic mass is 19.1. The van der Waals surface area contributed by atoms with Gasteiger partial charge in [-0.2, -0.15) is 0 Å². The van der Waals surface area contributed by atoms with Crippen molar-refractivity contribution in [3.8, 4) is 28.7 Å². The number of rotatable bonds is 4. The van der Waals surface area contributed by atoms with Crippen LogP contribution in [0.1, 0.15) is 34.1 Å². The van der Waals surface area contributed by atoms with E-state index in [1.807, 2.05) is 12.1 Å². The van der Waals surface area contributed by atoms with E-state index in [1.54, 1.807) is 24.3 Å². The molecule has 0 saturated carbocycles. The van der Waals surface area contributed by atoms with Crippen molar-refractivity contribution < 1.29 is 38.0 Å². The Bertz CT molecular complexity index is 1290. The fraction of sp³-hybridized carbons (Fsp3) is 0.296. The van der Waals surface area contributed by atoms with Crippen LogP contribution in [0.4, 0.5) is 4.39 Å². The molecule has 2 heterocycles. The van der Waals surface area contributed by atoms with Crippen LogP contribution in [-0.2, 0) is 9.53 Å². The Kier molecular flexibility index (Phi) is 4.98. The SMILES string of the molecule is COc1cc([C@@H]2c3cc4c(cc3[C@@H](c3ccc(F)cc3)[C@H]3COC(=O)[C@H]23)OCO4)cc(OC)c1O. The third-order valence-electron chi connectivity index (χ3n) is 7.28. The number of phenols is 1. The number of carbonyl (C=O) groups is 1. The fourth-order valence-corrected chi connectivity index (χ4v) is 5.75. The van der Waals surface area contributed by atoms with Gasteiger partial charge in [-0.15, -0.1) is 0 Å². The minimum Gasteiger partial charge on any atom is -0.502 e. The molecule has 6 rings (SSSR count). The normalized spacial score (nSPS) is 23.9. The van der Waals surface area contributed by atoms with Crippen LogP contribution in [0, 0.1) is 17.7 Å². The molecule has 1 saturated heterocycles. The molecule has 0 spiro atoms. The molecule has 3 aromatic carbocycles. The summed E-state index contributed by atoms with van der Waals surface area (Å²) in [5, 5.41) is 10.5. The van der Waals surface area contributed by atoms with Gasteiger partial charge in [0, 0.05) is 17.8 Å². The first kappa shape index (κ1) is 21.6. The lowest BCUT2D eigenvalue weighted by atomic mass is 9.61. The van der Waals surface area contributed by atoms with Gasteiger partial charge < -0.3 is 28.8 Å². The summed E-state index contributed by atoms with van der Waals surface area (Å²) in [6.07, 6.45) is 0. The van der Waals surface area contributed by atoms with Gasteiger partial charge in [0.05, 0.1) is 26.7 Å². The van der Waals surface area contributed by atoms with Crippen LogP contribution < -0.4 is 18.9 Å². The number of hydrogen-bond donors (Lipinski definition) is 1. The maximum absolute atomic E-state index is 13.8. The number of halogens is 1. The van der Waals surface area contributed by atoms with Crippen LogP contribution in [0.25, 0.3) is 0 Å². The van der Waals surface area contributed by atoms with Crippen LogP contribution in [-0.4, -0.2) is 38.7 Å². The monoisotopic (exact) mass is 478 g/mol. The molecule has 1 fully saturated rings. The molecule has 0 amide bonds. The molecular weight excluding hydrogens is 455 g/mol. The Morgan fingerprint density at radius 3 is 2.06 bits per heavy atom. The highest BCUT2D eigenvalue weighted by Gasteiger charge is 2.53. The van der Waals surface area contributed by atoms with Crippen molar-refractivity contribution in [2.24, 2.45) is 11.8 Å². The summed E-state index contributed by atoms with van der Waals surface area (Å²) < 4.78 is 41.5. The van der Waals surface area contributed by atoms with Crippen molar-refractivity contribution >= 4 is 5.97 Å². The second kappa shape index (κ2) is 8.08. The Balaban J connectivity index is 1.61. The predicted octanol–water partition coefficient (Wildman–Crippen LogP) is 4.34. The van der Waals surface area contributed by atoms with Gasteiger partial charge in [-0.25, -0.2) is 4.39 Å². The summed E-state index contributed by atoms with van der Waals surface area (Å²) in [4.78, 5) is 13.2. The molecule has 35 heavy (non-hydrogen) atoms. The zero-order valence-electron chi connectivity index (χ0n) is 19.1. The molecular formula is C27H23FO7. The van der Waals surface area contributed by atoms with E-state index in [0.717, 1.165) is 22.3 Å². The number of fused-ring (bicyclic) bond motifs is 3. The van der Waals surface area contributed by atoms with E-state index in [-0.39, 0.29) is 54.3 Å². The van der Waals surface area contributed by atoms with E-state index < -0.39 is 11.8 Å². The van der Waals surface area contributed by atoms with Crippen LogP contribution in [0.3, 0.4) is 0 Å². The first-order valence-electron chi connectivity index (χ1n) is 11.3. The van der Waals surface area contributed by atoms with Crippen LogP contribution in [0.15, 0.2) is 48.5 Å². The molecule has 7 nitrogen and oxygen atoms in total. The van der Waals surface area contributed by atoms with Gasteiger partial charge in [-0.3, -0.25) is 4.79 Å². The van der Waals surface area contributed by atoms with Crippen molar-refractivity contribution in [3.63, 3.8) is 0 Å². The lowest BCUT2D eigenvalue weighted by molar-refractivity contribution is -0.141. The van der Waals surface area contributed by atoms with Crippen molar-refractivity contribution in [1.82, 2.24) is 0 Å². The summed E-state index contributed by atoms with van der Waals surface area (Å²) in [7, 11) is 2.92. The third-order valence-corrected chi connectivity index (χ3v) is 7.28. The maximum Gasteiger partial charge on any atom is 0.310 e. The molecule has 0 radical (unpaired) electrons. The molecule has 0 aromatic heterocycles. The van der Waals surface area contributed by atoms with Gasteiger partial charge in [0.25, 0.3) is 0 Å². The molecule has 8 heteroatoms. The lowest BCUT2D eigenvalue weighted by Crippen LogP contribution is -2.35. The number of carbonyl (C=O) groups excluding carboxylic acids is 1. The fourth-order valence-electron chi connectivity index (χ4n) is 5.75. The average Bonchev–Trinajstić information content (AvgIpc) is 3.48. The van der Waals surface area contributed by atoms with Crippen LogP contribution in [0.5, 0.6) is 28.7 Å². The number of hydrogen-bond acceptors (Lipinski definition) is 7. The first-order valence-corrected chi connectivity index (χ1v) is 11.3. The zero-order valence-corrected chi connectivity index (χ0v) is 19.1. The highest BCUT2D eigenvalue weighted by Crippen LogP contribution is 2.57. The van der Waals surface area contributed by atoms with Crippen LogP contribution >= 0.6 is 0 Å². The predicted molar refractivity (Wildman–Crippen MR) is 122 cm³/mol. The molecule has 1 N–H and O–H groups in total. The van der Waals surface area contributed by atoms with Gasteiger partial charge in [0.2, 0.25) is 12.5 Å². The third kappa shape index (κ3) is 3.27. The molecule has 3 aromatic rings. The molecule has 180 valence electrons. The van der Waals surface area contributed by atoms with E-state index in [4.69, 9.17) is 23.7 Å². The number of ether oxygens (including phenoxy) is 5. The Morgan fingerprint density at radius 2 is 1.46 bits per heavy atom.